The maximum Gasteiger partial charge on any atom is 0.251 e. The summed E-state index contributed by atoms with van der Waals surface area (Å²) in [5.74, 6) is 1.05. The molecule has 2 N–H and O–H groups in total. The summed E-state index contributed by atoms with van der Waals surface area (Å²) >= 11 is 6.56. The summed E-state index contributed by atoms with van der Waals surface area (Å²) in [4.78, 5) is 17.4. The number of amides is 1. The molecule has 1 amide bonds. The molecule has 1 aliphatic heterocycles. The average Bonchev–Trinajstić information content (AvgIpc) is 2.74. The van der Waals surface area contributed by atoms with Crippen LogP contribution in [0.2, 0.25) is 5.02 Å². The molecule has 34 heavy (non-hydrogen) atoms. The van der Waals surface area contributed by atoms with Crippen LogP contribution in [0.5, 0.6) is 11.5 Å². The first kappa shape index (κ1) is 24.2. The number of aromatic nitrogens is 1. The van der Waals surface area contributed by atoms with E-state index in [0.29, 0.717) is 22.1 Å². The Morgan fingerprint density at radius 3 is 2.35 bits per heavy atom. The van der Waals surface area contributed by atoms with Gasteiger partial charge >= 0.3 is 0 Å². The van der Waals surface area contributed by atoms with E-state index in [0.717, 1.165) is 29.7 Å². The predicted octanol–water partition coefficient (Wildman–Crippen LogP) is 6.54. The number of carbonyl (C=O) groups excluding carboxylic acids is 1. The molecule has 0 unspecified atom stereocenters. The van der Waals surface area contributed by atoms with Crippen molar-refractivity contribution in [2.75, 3.05) is 0 Å². The second kappa shape index (κ2) is 9.40. The van der Waals surface area contributed by atoms with E-state index in [1.165, 1.54) is 0 Å². The highest BCUT2D eigenvalue weighted by Crippen LogP contribution is 2.37. The molecule has 1 aromatic heterocycles. The third-order valence-corrected chi connectivity index (χ3v) is 6.42. The summed E-state index contributed by atoms with van der Waals surface area (Å²) < 4.78 is 6.19. The number of hydrogen-bond donors (Lipinski definition) is 2. The Morgan fingerprint density at radius 2 is 1.68 bits per heavy atom. The quantitative estimate of drug-likeness (QED) is 0.437. The van der Waals surface area contributed by atoms with Crippen molar-refractivity contribution in [3.63, 3.8) is 0 Å². The molecule has 0 spiro atoms. The number of halogens is 1. The molecule has 0 saturated carbocycles. The van der Waals surface area contributed by atoms with Crippen molar-refractivity contribution in [2.24, 2.45) is 0 Å². The maximum atomic E-state index is 13.0. The van der Waals surface area contributed by atoms with E-state index >= 15 is 0 Å². The van der Waals surface area contributed by atoms with Gasteiger partial charge in [-0.15, -0.1) is 0 Å². The van der Waals surface area contributed by atoms with Crippen molar-refractivity contribution in [1.29, 1.82) is 0 Å². The third-order valence-electron chi connectivity index (χ3n) is 6.12. The van der Waals surface area contributed by atoms with Crippen LogP contribution in [0.3, 0.4) is 0 Å². The highest BCUT2D eigenvalue weighted by molar-refractivity contribution is 6.32. The zero-order valence-electron chi connectivity index (χ0n) is 20.4. The SMILES string of the molecule is Cc1ncccc1-c1ccccc1Oc1ccc(C(=O)NC2CC(C)(C)NC(C)(C)C2)cc1Cl. The van der Waals surface area contributed by atoms with Gasteiger partial charge in [0.05, 0.1) is 5.02 Å². The lowest BCUT2D eigenvalue weighted by molar-refractivity contribution is 0.0873. The van der Waals surface area contributed by atoms with Crippen LogP contribution in [0.1, 0.15) is 56.6 Å². The third kappa shape index (κ3) is 5.60. The molecule has 1 saturated heterocycles. The normalized spacial score (nSPS) is 17.2. The van der Waals surface area contributed by atoms with Gasteiger partial charge < -0.3 is 15.4 Å². The van der Waals surface area contributed by atoms with Gasteiger partial charge in [0, 0.05) is 45.7 Å². The first-order valence-corrected chi connectivity index (χ1v) is 12.0. The number of nitrogens with one attached hydrogen (secondary N) is 2. The fourth-order valence-electron chi connectivity index (χ4n) is 5.08. The Balaban J connectivity index is 1.52. The predicted molar refractivity (Wildman–Crippen MR) is 138 cm³/mol. The van der Waals surface area contributed by atoms with Crippen LogP contribution in [-0.2, 0) is 0 Å². The van der Waals surface area contributed by atoms with Crippen LogP contribution in [0.15, 0.2) is 60.8 Å². The van der Waals surface area contributed by atoms with Crippen LogP contribution in [0, 0.1) is 6.92 Å². The van der Waals surface area contributed by atoms with Crippen molar-refractivity contribution in [3.05, 3.63) is 77.1 Å². The van der Waals surface area contributed by atoms with Gasteiger partial charge in [0.15, 0.2) is 0 Å². The van der Waals surface area contributed by atoms with Crippen LogP contribution >= 0.6 is 11.6 Å². The Bertz CT molecular complexity index is 1190. The minimum atomic E-state index is -0.127. The smallest absolute Gasteiger partial charge is 0.251 e. The molecule has 2 aromatic carbocycles. The number of carbonyl (C=O) groups is 1. The van der Waals surface area contributed by atoms with Crippen LogP contribution in [0.25, 0.3) is 11.1 Å². The highest BCUT2D eigenvalue weighted by atomic mass is 35.5. The van der Waals surface area contributed by atoms with E-state index in [1.807, 2.05) is 43.3 Å². The standard InChI is InChI=1S/C28H32ClN3O2/c1-18-21(10-8-14-30-18)22-9-6-7-11-24(22)34-25-13-12-19(15-23(25)29)26(33)31-20-16-27(2,3)32-28(4,5)17-20/h6-15,20,32H,16-17H2,1-5H3,(H,31,33). The van der Waals surface area contributed by atoms with Crippen LogP contribution in [0.4, 0.5) is 0 Å². The molecule has 0 atom stereocenters. The van der Waals surface area contributed by atoms with Gasteiger partial charge in [-0.2, -0.15) is 0 Å². The molecule has 1 fully saturated rings. The maximum absolute atomic E-state index is 13.0. The number of aryl methyl sites for hydroxylation is 1. The van der Waals surface area contributed by atoms with Gasteiger partial charge in [-0.3, -0.25) is 9.78 Å². The fourth-order valence-corrected chi connectivity index (χ4v) is 5.30. The Labute approximate surface area is 206 Å². The van der Waals surface area contributed by atoms with E-state index in [-0.39, 0.29) is 23.0 Å². The van der Waals surface area contributed by atoms with E-state index in [4.69, 9.17) is 16.3 Å². The number of rotatable bonds is 5. The van der Waals surface area contributed by atoms with Gasteiger partial charge in [-0.05, 0) is 77.8 Å². The summed E-state index contributed by atoms with van der Waals surface area (Å²) in [6.45, 7) is 10.6. The zero-order valence-corrected chi connectivity index (χ0v) is 21.2. The fraction of sp³-hybridized carbons (Fsp3) is 0.357. The van der Waals surface area contributed by atoms with Crippen molar-refractivity contribution >= 4 is 17.5 Å². The van der Waals surface area contributed by atoms with E-state index in [9.17, 15) is 4.79 Å². The largest absolute Gasteiger partial charge is 0.455 e. The molecule has 2 heterocycles. The van der Waals surface area contributed by atoms with Crippen molar-refractivity contribution < 1.29 is 9.53 Å². The number of hydrogen-bond acceptors (Lipinski definition) is 4. The Kier molecular flexibility index (Phi) is 6.70. The molecule has 0 radical (unpaired) electrons. The summed E-state index contributed by atoms with van der Waals surface area (Å²) in [6, 6.07) is 17.0. The average molecular weight is 478 g/mol. The number of piperidine rings is 1. The molecule has 6 heteroatoms. The first-order chi connectivity index (χ1) is 16.0. The lowest BCUT2D eigenvalue weighted by atomic mass is 9.79. The number of ether oxygens (including phenoxy) is 1. The lowest BCUT2D eigenvalue weighted by Crippen LogP contribution is -2.62. The second-order valence-corrected chi connectivity index (χ2v) is 10.8. The van der Waals surface area contributed by atoms with Crippen molar-refractivity contribution in [1.82, 2.24) is 15.6 Å². The molecular weight excluding hydrogens is 446 g/mol. The summed E-state index contributed by atoms with van der Waals surface area (Å²) in [5.41, 5.74) is 3.27. The molecule has 4 rings (SSSR count). The molecule has 1 aliphatic rings. The van der Waals surface area contributed by atoms with Crippen LogP contribution < -0.4 is 15.4 Å². The van der Waals surface area contributed by atoms with Gasteiger partial charge in [0.1, 0.15) is 11.5 Å². The minimum absolute atomic E-state index is 0.0466. The molecule has 0 bridgehead atoms. The monoisotopic (exact) mass is 477 g/mol. The van der Waals surface area contributed by atoms with Gasteiger partial charge in [-0.25, -0.2) is 0 Å². The summed E-state index contributed by atoms with van der Waals surface area (Å²) in [5, 5.41) is 7.22. The van der Waals surface area contributed by atoms with Crippen molar-refractivity contribution in [2.45, 2.75) is 64.6 Å². The molecule has 178 valence electrons. The number of nitrogens with zero attached hydrogens (tertiary/aromatic N) is 1. The van der Waals surface area contributed by atoms with Gasteiger partial charge in [0.25, 0.3) is 5.91 Å². The molecule has 5 nitrogen and oxygen atoms in total. The molecule has 0 aliphatic carbocycles. The highest BCUT2D eigenvalue weighted by Gasteiger charge is 2.38. The second-order valence-electron chi connectivity index (χ2n) is 10.4. The van der Waals surface area contributed by atoms with Crippen molar-refractivity contribution in [3.8, 4) is 22.6 Å². The zero-order chi connectivity index (χ0) is 24.5. The van der Waals surface area contributed by atoms with E-state index in [1.54, 1.807) is 24.4 Å². The van der Waals surface area contributed by atoms with E-state index < -0.39 is 0 Å². The van der Waals surface area contributed by atoms with Gasteiger partial charge in [-0.1, -0.05) is 35.9 Å². The molecule has 3 aromatic rings. The molecular formula is C28H32ClN3O2. The Hall–Kier alpha value is -2.89. The van der Waals surface area contributed by atoms with Crippen LogP contribution in [-0.4, -0.2) is 28.0 Å². The van der Waals surface area contributed by atoms with Gasteiger partial charge in [0.2, 0.25) is 0 Å². The topological polar surface area (TPSA) is 63.2 Å². The summed E-state index contributed by atoms with van der Waals surface area (Å²) in [6.07, 6.45) is 3.50. The first-order valence-electron chi connectivity index (χ1n) is 11.6. The lowest BCUT2D eigenvalue weighted by Gasteiger charge is -2.46. The Morgan fingerprint density at radius 1 is 1.00 bits per heavy atom. The van der Waals surface area contributed by atoms with E-state index in [2.05, 4.69) is 43.3 Å². The number of benzene rings is 2. The summed E-state index contributed by atoms with van der Waals surface area (Å²) in [7, 11) is 0. The number of para-hydroxylation sites is 1. The minimum Gasteiger partial charge on any atom is -0.455 e. The number of pyridine rings is 1.